The summed E-state index contributed by atoms with van der Waals surface area (Å²) in [4.78, 5) is 18.0. The zero-order valence-electron chi connectivity index (χ0n) is 9.65. The van der Waals surface area contributed by atoms with E-state index in [-0.39, 0.29) is 21.8 Å². The summed E-state index contributed by atoms with van der Waals surface area (Å²) >= 11 is 5.67. The summed E-state index contributed by atoms with van der Waals surface area (Å²) in [5.74, 6) is -1.26. The van der Waals surface area contributed by atoms with Gasteiger partial charge in [-0.2, -0.15) is 13.2 Å². The van der Waals surface area contributed by atoms with Crippen LogP contribution in [-0.2, 0) is 6.18 Å². The predicted molar refractivity (Wildman–Crippen MR) is 64.4 cm³/mol. The van der Waals surface area contributed by atoms with Gasteiger partial charge in [0.2, 0.25) is 0 Å². The van der Waals surface area contributed by atoms with Crippen molar-refractivity contribution in [3.8, 4) is 11.1 Å². The molecule has 0 fully saturated rings. The largest absolute Gasteiger partial charge is 0.478 e. The van der Waals surface area contributed by atoms with Crippen LogP contribution in [0.5, 0.6) is 0 Å². The molecule has 0 spiro atoms. The number of pyridine rings is 2. The number of halogens is 4. The van der Waals surface area contributed by atoms with Crippen LogP contribution < -0.4 is 0 Å². The molecule has 0 aliphatic heterocycles. The Morgan fingerprint density at radius 1 is 1.20 bits per heavy atom. The number of hydrogen-bond acceptors (Lipinski definition) is 3. The van der Waals surface area contributed by atoms with Crippen molar-refractivity contribution < 1.29 is 23.1 Å². The normalized spacial score (nSPS) is 11.4. The molecule has 2 aromatic rings. The number of rotatable bonds is 2. The molecule has 20 heavy (non-hydrogen) atoms. The zero-order valence-corrected chi connectivity index (χ0v) is 10.4. The highest BCUT2D eigenvalue weighted by atomic mass is 35.5. The van der Waals surface area contributed by atoms with Gasteiger partial charge < -0.3 is 5.11 Å². The minimum atomic E-state index is -4.55. The van der Waals surface area contributed by atoms with Crippen LogP contribution in [0.4, 0.5) is 13.2 Å². The molecule has 2 heterocycles. The van der Waals surface area contributed by atoms with Crippen molar-refractivity contribution in [1.29, 1.82) is 0 Å². The number of nitrogens with zero attached hydrogens (tertiary/aromatic N) is 2. The number of aromatic carboxylic acids is 1. The van der Waals surface area contributed by atoms with Crippen molar-refractivity contribution in [2.75, 3.05) is 0 Å². The summed E-state index contributed by atoms with van der Waals surface area (Å²) in [6.45, 7) is 0. The lowest BCUT2D eigenvalue weighted by atomic mass is 10.0. The van der Waals surface area contributed by atoms with Crippen LogP contribution in [-0.4, -0.2) is 21.0 Å². The van der Waals surface area contributed by atoms with E-state index in [0.717, 1.165) is 24.5 Å². The van der Waals surface area contributed by atoms with Crippen LogP contribution >= 0.6 is 11.6 Å². The fourth-order valence-corrected chi connectivity index (χ4v) is 1.72. The van der Waals surface area contributed by atoms with Crippen molar-refractivity contribution in [2.45, 2.75) is 6.18 Å². The maximum Gasteiger partial charge on any atom is 0.433 e. The van der Waals surface area contributed by atoms with Crippen LogP contribution in [0.25, 0.3) is 11.1 Å². The first kappa shape index (κ1) is 14.3. The van der Waals surface area contributed by atoms with Gasteiger partial charge in [0.25, 0.3) is 0 Å². The molecular formula is C12H6ClF3N2O2. The van der Waals surface area contributed by atoms with Gasteiger partial charge in [0.1, 0.15) is 10.8 Å². The maximum atomic E-state index is 12.4. The highest BCUT2D eigenvalue weighted by Crippen LogP contribution is 2.30. The molecule has 0 bridgehead atoms. The van der Waals surface area contributed by atoms with Crippen LogP contribution in [0.3, 0.4) is 0 Å². The first-order valence-electron chi connectivity index (χ1n) is 5.21. The molecule has 4 nitrogen and oxygen atoms in total. The number of carboxylic acids is 1. The van der Waals surface area contributed by atoms with Crippen molar-refractivity contribution in [3.63, 3.8) is 0 Å². The van der Waals surface area contributed by atoms with E-state index in [0.29, 0.717) is 0 Å². The second-order valence-electron chi connectivity index (χ2n) is 3.79. The molecule has 0 aliphatic rings. The third kappa shape index (κ3) is 2.88. The molecule has 1 N–H and O–H groups in total. The van der Waals surface area contributed by atoms with Gasteiger partial charge in [-0.25, -0.2) is 9.78 Å². The Hall–Kier alpha value is -2.15. The Bertz CT molecular complexity index is 657. The van der Waals surface area contributed by atoms with Gasteiger partial charge in [0.15, 0.2) is 0 Å². The Balaban J connectivity index is 2.52. The standard InChI is InChI=1S/C12H6ClF3N2O2/c13-10-3-7(8(5-18-10)11(19)20)6-1-2-9(17-4-6)12(14,15)16/h1-5H,(H,19,20). The predicted octanol–water partition coefficient (Wildman–Crippen LogP) is 3.51. The van der Waals surface area contributed by atoms with E-state index in [1.54, 1.807) is 0 Å². The molecule has 8 heteroatoms. The molecule has 0 amide bonds. The summed E-state index contributed by atoms with van der Waals surface area (Å²) in [6, 6.07) is 3.17. The van der Waals surface area contributed by atoms with Gasteiger partial charge in [0, 0.05) is 23.5 Å². The van der Waals surface area contributed by atoms with Gasteiger partial charge in [-0.3, -0.25) is 4.98 Å². The number of carboxylic acid groups (broad SMARTS) is 1. The maximum absolute atomic E-state index is 12.4. The summed E-state index contributed by atoms with van der Waals surface area (Å²) < 4.78 is 37.2. The van der Waals surface area contributed by atoms with Gasteiger partial charge >= 0.3 is 12.1 Å². The number of hydrogen-bond donors (Lipinski definition) is 1. The van der Waals surface area contributed by atoms with E-state index in [1.165, 1.54) is 6.07 Å². The van der Waals surface area contributed by atoms with Gasteiger partial charge in [-0.15, -0.1) is 0 Å². The van der Waals surface area contributed by atoms with Crippen LogP contribution in [0.2, 0.25) is 5.15 Å². The molecule has 0 aromatic carbocycles. The average molecular weight is 303 g/mol. The quantitative estimate of drug-likeness (QED) is 0.862. The van der Waals surface area contributed by atoms with Crippen molar-refractivity contribution >= 4 is 17.6 Å². The minimum absolute atomic E-state index is 0.0323. The van der Waals surface area contributed by atoms with Crippen molar-refractivity contribution in [1.82, 2.24) is 9.97 Å². The molecule has 2 rings (SSSR count). The van der Waals surface area contributed by atoms with Gasteiger partial charge in [-0.05, 0) is 12.1 Å². The molecule has 0 aliphatic carbocycles. The molecule has 0 saturated heterocycles. The molecular weight excluding hydrogens is 297 g/mol. The van der Waals surface area contributed by atoms with Crippen molar-refractivity contribution in [2.24, 2.45) is 0 Å². The topological polar surface area (TPSA) is 63.1 Å². The first-order chi connectivity index (χ1) is 9.29. The highest BCUT2D eigenvalue weighted by Gasteiger charge is 2.32. The van der Waals surface area contributed by atoms with Crippen molar-refractivity contribution in [3.05, 3.63) is 47.0 Å². The Morgan fingerprint density at radius 3 is 2.40 bits per heavy atom. The second-order valence-corrected chi connectivity index (χ2v) is 4.17. The summed E-state index contributed by atoms with van der Waals surface area (Å²) in [7, 11) is 0. The van der Waals surface area contributed by atoms with E-state index in [1.807, 2.05) is 0 Å². The minimum Gasteiger partial charge on any atom is -0.478 e. The zero-order chi connectivity index (χ0) is 14.9. The molecule has 0 unspecified atom stereocenters. The Morgan fingerprint density at radius 2 is 1.90 bits per heavy atom. The van der Waals surface area contributed by atoms with E-state index < -0.39 is 17.8 Å². The fraction of sp³-hybridized carbons (Fsp3) is 0.0833. The lowest BCUT2D eigenvalue weighted by molar-refractivity contribution is -0.141. The monoisotopic (exact) mass is 302 g/mol. The molecule has 0 radical (unpaired) electrons. The summed E-state index contributed by atoms with van der Waals surface area (Å²) in [6.07, 6.45) is -2.57. The average Bonchev–Trinajstić information content (AvgIpc) is 2.37. The first-order valence-corrected chi connectivity index (χ1v) is 5.59. The summed E-state index contributed by atoms with van der Waals surface area (Å²) in [5, 5.41) is 9.05. The molecule has 0 saturated carbocycles. The number of aromatic nitrogens is 2. The fourth-order valence-electron chi connectivity index (χ4n) is 1.56. The third-order valence-electron chi connectivity index (χ3n) is 2.47. The smallest absolute Gasteiger partial charge is 0.433 e. The third-order valence-corrected chi connectivity index (χ3v) is 2.67. The number of alkyl halides is 3. The Kier molecular flexibility index (Phi) is 3.63. The Labute approximate surface area is 115 Å². The van der Waals surface area contributed by atoms with Crippen LogP contribution in [0, 0.1) is 0 Å². The van der Waals surface area contributed by atoms with Gasteiger partial charge in [0.05, 0.1) is 5.56 Å². The lowest BCUT2D eigenvalue weighted by Gasteiger charge is -2.08. The van der Waals surface area contributed by atoms with E-state index >= 15 is 0 Å². The lowest BCUT2D eigenvalue weighted by Crippen LogP contribution is -2.07. The molecule has 2 aromatic heterocycles. The van der Waals surface area contributed by atoms with Crippen LogP contribution in [0.1, 0.15) is 16.1 Å². The van der Waals surface area contributed by atoms with Crippen LogP contribution in [0.15, 0.2) is 30.6 Å². The van der Waals surface area contributed by atoms with E-state index in [9.17, 15) is 18.0 Å². The second kappa shape index (κ2) is 5.09. The van der Waals surface area contributed by atoms with E-state index in [2.05, 4.69) is 9.97 Å². The summed E-state index contributed by atoms with van der Waals surface area (Å²) in [5.41, 5.74) is -0.868. The molecule has 0 atom stereocenters. The molecule has 104 valence electrons. The number of carbonyl (C=O) groups is 1. The van der Waals surface area contributed by atoms with E-state index in [4.69, 9.17) is 16.7 Å². The van der Waals surface area contributed by atoms with Gasteiger partial charge in [-0.1, -0.05) is 17.7 Å². The highest BCUT2D eigenvalue weighted by molar-refractivity contribution is 6.29. The SMILES string of the molecule is O=C(O)c1cnc(Cl)cc1-c1ccc(C(F)(F)F)nc1.